The van der Waals surface area contributed by atoms with Crippen molar-refractivity contribution in [1.29, 1.82) is 0 Å². The predicted molar refractivity (Wildman–Crippen MR) is 96.2 cm³/mol. The molecule has 2 aromatic rings. The van der Waals surface area contributed by atoms with Gasteiger partial charge in [0, 0.05) is 12.0 Å². The van der Waals surface area contributed by atoms with Crippen LogP contribution >= 0.6 is 0 Å². The highest BCUT2D eigenvalue weighted by atomic mass is 19.1. The number of halogens is 2. The number of hydrogen-bond acceptors (Lipinski definition) is 2. The Kier molecular flexibility index (Phi) is 5.54. The number of carboxylic acids is 1. The van der Waals surface area contributed by atoms with E-state index in [2.05, 4.69) is 5.32 Å². The SMILES string of the molecule is O=C(O)[C@H](Cc1cccc(F)c1)NC(=O)C1(c2ccccc2F)CCCC1. The Labute approximate surface area is 156 Å². The first-order chi connectivity index (χ1) is 12.9. The molecule has 0 heterocycles. The molecule has 1 amide bonds. The Morgan fingerprint density at radius 3 is 2.41 bits per heavy atom. The Balaban J connectivity index is 1.85. The van der Waals surface area contributed by atoms with E-state index in [9.17, 15) is 23.5 Å². The van der Waals surface area contributed by atoms with E-state index in [0.29, 0.717) is 24.0 Å². The van der Waals surface area contributed by atoms with E-state index >= 15 is 0 Å². The number of amides is 1. The molecule has 2 aromatic carbocycles. The first-order valence-corrected chi connectivity index (χ1v) is 8.95. The average Bonchev–Trinajstić information content (AvgIpc) is 3.12. The van der Waals surface area contributed by atoms with Gasteiger partial charge in [0.1, 0.15) is 17.7 Å². The van der Waals surface area contributed by atoms with Gasteiger partial charge in [-0.2, -0.15) is 0 Å². The summed E-state index contributed by atoms with van der Waals surface area (Å²) in [4.78, 5) is 24.7. The highest BCUT2D eigenvalue weighted by Crippen LogP contribution is 2.42. The van der Waals surface area contributed by atoms with Crippen molar-refractivity contribution in [3.05, 3.63) is 71.3 Å². The average molecular weight is 373 g/mol. The number of rotatable bonds is 6. The predicted octanol–water partition coefficient (Wildman–Crippen LogP) is 3.59. The Bertz CT molecular complexity index is 847. The Morgan fingerprint density at radius 2 is 1.78 bits per heavy atom. The van der Waals surface area contributed by atoms with Crippen LogP contribution in [-0.4, -0.2) is 23.0 Å². The van der Waals surface area contributed by atoms with Crippen molar-refractivity contribution in [1.82, 2.24) is 5.32 Å². The Morgan fingerprint density at radius 1 is 1.07 bits per heavy atom. The van der Waals surface area contributed by atoms with Crippen molar-refractivity contribution in [2.75, 3.05) is 0 Å². The molecular weight excluding hydrogens is 352 g/mol. The fourth-order valence-corrected chi connectivity index (χ4v) is 3.84. The van der Waals surface area contributed by atoms with Crippen LogP contribution in [0, 0.1) is 11.6 Å². The summed E-state index contributed by atoms with van der Waals surface area (Å²) in [5, 5.41) is 12.1. The fourth-order valence-electron chi connectivity index (χ4n) is 3.84. The standard InChI is InChI=1S/C21H21F2NO3/c22-15-7-5-6-14(12-15)13-18(19(25)26)24-20(27)21(10-3-4-11-21)16-8-1-2-9-17(16)23/h1-2,5-9,12,18H,3-4,10-11,13H2,(H,24,27)(H,25,26)/t18-/m0/s1. The van der Waals surface area contributed by atoms with Gasteiger partial charge < -0.3 is 10.4 Å². The molecule has 0 unspecified atom stereocenters. The molecule has 6 heteroatoms. The topological polar surface area (TPSA) is 66.4 Å². The maximum absolute atomic E-state index is 14.4. The van der Waals surface area contributed by atoms with E-state index in [4.69, 9.17) is 0 Å². The molecule has 27 heavy (non-hydrogen) atoms. The molecule has 0 bridgehead atoms. The quantitative estimate of drug-likeness (QED) is 0.813. The number of nitrogens with one attached hydrogen (secondary N) is 1. The fraction of sp³-hybridized carbons (Fsp3) is 0.333. The normalized spacial score (nSPS) is 16.7. The van der Waals surface area contributed by atoms with Gasteiger partial charge in [-0.05, 0) is 36.6 Å². The second-order valence-corrected chi connectivity index (χ2v) is 6.97. The second-order valence-electron chi connectivity index (χ2n) is 6.97. The van der Waals surface area contributed by atoms with Crippen LogP contribution in [-0.2, 0) is 21.4 Å². The van der Waals surface area contributed by atoms with Gasteiger partial charge >= 0.3 is 5.97 Å². The van der Waals surface area contributed by atoms with E-state index in [0.717, 1.165) is 12.8 Å². The zero-order valence-corrected chi connectivity index (χ0v) is 14.8. The van der Waals surface area contributed by atoms with Crippen LogP contribution in [0.5, 0.6) is 0 Å². The summed E-state index contributed by atoms with van der Waals surface area (Å²) in [7, 11) is 0. The molecule has 1 saturated carbocycles. The highest BCUT2D eigenvalue weighted by molar-refractivity contribution is 5.92. The lowest BCUT2D eigenvalue weighted by Gasteiger charge is -2.30. The maximum atomic E-state index is 14.4. The maximum Gasteiger partial charge on any atom is 0.326 e. The number of carboxylic acid groups (broad SMARTS) is 1. The van der Waals surface area contributed by atoms with Gasteiger partial charge in [0.05, 0.1) is 5.41 Å². The second kappa shape index (κ2) is 7.86. The molecule has 0 aromatic heterocycles. The third kappa shape index (κ3) is 3.99. The first kappa shape index (κ1) is 19.0. The molecule has 1 aliphatic rings. The van der Waals surface area contributed by atoms with Crippen molar-refractivity contribution in [2.24, 2.45) is 0 Å². The van der Waals surface area contributed by atoms with E-state index in [1.165, 1.54) is 24.3 Å². The molecule has 0 radical (unpaired) electrons. The minimum absolute atomic E-state index is 0.0494. The van der Waals surface area contributed by atoms with E-state index in [-0.39, 0.29) is 6.42 Å². The lowest BCUT2D eigenvalue weighted by molar-refractivity contribution is -0.142. The number of hydrogen-bond donors (Lipinski definition) is 2. The molecule has 3 rings (SSSR count). The highest BCUT2D eigenvalue weighted by Gasteiger charge is 2.45. The molecule has 142 valence electrons. The third-order valence-corrected chi connectivity index (χ3v) is 5.21. The smallest absolute Gasteiger partial charge is 0.326 e. The summed E-state index contributed by atoms with van der Waals surface area (Å²) >= 11 is 0. The zero-order chi connectivity index (χ0) is 19.4. The molecule has 2 N–H and O–H groups in total. The molecule has 1 aliphatic carbocycles. The van der Waals surface area contributed by atoms with Crippen molar-refractivity contribution in [3.8, 4) is 0 Å². The zero-order valence-electron chi connectivity index (χ0n) is 14.8. The van der Waals surface area contributed by atoms with Crippen LogP contribution in [0.3, 0.4) is 0 Å². The summed E-state index contributed by atoms with van der Waals surface area (Å²) in [5.41, 5.74) is -0.301. The molecule has 0 saturated heterocycles. The molecule has 0 spiro atoms. The number of benzene rings is 2. The van der Waals surface area contributed by atoms with Gasteiger partial charge in [-0.1, -0.05) is 43.2 Å². The van der Waals surface area contributed by atoms with Gasteiger partial charge in [0.25, 0.3) is 0 Å². The van der Waals surface area contributed by atoms with E-state index in [1.54, 1.807) is 24.3 Å². The van der Waals surface area contributed by atoms with Gasteiger partial charge in [0.2, 0.25) is 5.91 Å². The van der Waals surface area contributed by atoms with Crippen molar-refractivity contribution in [2.45, 2.75) is 43.6 Å². The van der Waals surface area contributed by atoms with Gasteiger partial charge in [0.15, 0.2) is 0 Å². The molecule has 1 fully saturated rings. The minimum atomic E-state index is -1.22. The van der Waals surface area contributed by atoms with Crippen molar-refractivity contribution in [3.63, 3.8) is 0 Å². The third-order valence-electron chi connectivity index (χ3n) is 5.21. The largest absolute Gasteiger partial charge is 0.480 e. The van der Waals surface area contributed by atoms with Gasteiger partial charge in [-0.25, -0.2) is 13.6 Å². The lowest BCUT2D eigenvalue weighted by Crippen LogP contribution is -2.50. The van der Waals surface area contributed by atoms with Crippen LogP contribution in [0.1, 0.15) is 36.8 Å². The molecule has 0 aliphatic heterocycles. The van der Waals surface area contributed by atoms with Gasteiger partial charge in [-0.15, -0.1) is 0 Å². The number of carbonyl (C=O) groups excluding carboxylic acids is 1. The molecule has 4 nitrogen and oxygen atoms in total. The number of carbonyl (C=O) groups is 2. The molecular formula is C21H21F2NO3. The van der Waals surface area contributed by atoms with Crippen LogP contribution in [0.15, 0.2) is 48.5 Å². The summed E-state index contributed by atoms with van der Waals surface area (Å²) < 4.78 is 27.8. The van der Waals surface area contributed by atoms with Crippen LogP contribution in [0.25, 0.3) is 0 Å². The summed E-state index contributed by atoms with van der Waals surface area (Å²) in [6.07, 6.45) is 2.41. The first-order valence-electron chi connectivity index (χ1n) is 8.95. The Hall–Kier alpha value is -2.76. The van der Waals surface area contributed by atoms with Crippen LogP contribution in [0.4, 0.5) is 8.78 Å². The summed E-state index contributed by atoms with van der Waals surface area (Å²) in [5.74, 6) is -2.64. The molecule has 1 atom stereocenters. The van der Waals surface area contributed by atoms with Crippen LogP contribution in [0.2, 0.25) is 0 Å². The van der Waals surface area contributed by atoms with Crippen molar-refractivity contribution < 1.29 is 23.5 Å². The summed E-state index contributed by atoms with van der Waals surface area (Å²) in [6, 6.07) is 10.5. The van der Waals surface area contributed by atoms with Gasteiger partial charge in [-0.3, -0.25) is 4.79 Å². The minimum Gasteiger partial charge on any atom is -0.480 e. The summed E-state index contributed by atoms with van der Waals surface area (Å²) in [6.45, 7) is 0. The van der Waals surface area contributed by atoms with Crippen LogP contribution < -0.4 is 5.32 Å². The lowest BCUT2D eigenvalue weighted by atomic mass is 9.77. The number of aliphatic carboxylic acids is 1. The van der Waals surface area contributed by atoms with E-state index in [1.807, 2.05) is 0 Å². The van der Waals surface area contributed by atoms with E-state index < -0.39 is 35.0 Å². The monoisotopic (exact) mass is 373 g/mol. The van der Waals surface area contributed by atoms with Crippen molar-refractivity contribution >= 4 is 11.9 Å².